The van der Waals surface area contributed by atoms with Crippen LogP contribution in [0.5, 0.6) is 0 Å². The van der Waals surface area contributed by atoms with Crippen molar-refractivity contribution in [2.45, 2.75) is 51.0 Å². The molecule has 1 heterocycles. The van der Waals surface area contributed by atoms with Gasteiger partial charge in [-0.15, -0.1) is 0 Å². The van der Waals surface area contributed by atoms with Crippen molar-refractivity contribution in [2.75, 3.05) is 13.6 Å². The zero-order valence-electron chi connectivity index (χ0n) is 8.66. The largest absolute Gasteiger partial charge is 0.315 e. The van der Waals surface area contributed by atoms with E-state index in [1.54, 1.807) is 5.92 Å². The number of hydrogen-bond acceptors (Lipinski definition) is 1. The molecule has 1 aliphatic heterocycles. The van der Waals surface area contributed by atoms with Crippen molar-refractivity contribution in [2.24, 2.45) is 0 Å². The Kier molecular flexibility index (Phi) is 2.60. The van der Waals surface area contributed by atoms with Gasteiger partial charge in [0.2, 0.25) is 0 Å². The summed E-state index contributed by atoms with van der Waals surface area (Å²) in [4.78, 5) is 2.62. The van der Waals surface area contributed by atoms with Crippen molar-refractivity contribution >= 4 is 0 Å². The van der Waals surface area contributed by atoms with E-state index in [-0.39, 0.29) is 0 Å². The molecule has 0 aromatic carbocycles. The molecule has 0 aromatic rings. The summed E-state index contributed by atoms with van der Waals surface area (Å²) in [6, 6.07) is 0. The van der Waals surface area contributed by atoms with Crippen LogP contribution in [0.15, 0.2) is 0 Å². The Morgan fingerprint density at radius 3 is 2.54 bits per heavy atom. The molecule has 2 heteroatoms. The van der Waals surface area contributed by atoms with E-state index in [0.717, 1.165) is 0 Å². The van der Waals surface area contributed by atoms with E-state index in [1.807, 2.05) is 0 Å². The number of piperidine rings is 1. The third-order valence-corrected chi connectivity index (χ3v) is 3.84. The van der Waals surface area contributed by atoms with Gasteiger partial charge in [-0.2, -0.15) is 19.8 Å². The molecule has 1 saturated carbocycles. The molecule has 13 heavy (non-hydrogen) atoms. The number of rotatable bonds is 0. The average Bonchev–Trinajstić information content (AvgIpc) is 2.41. The molecule has 0 amide bonds. The summed E-state index contributed by atoms with van der Waals surface area (Å²) in [6.45, 7) is 3.66. The first-order valence-corrected chi connectivity index (χ1v) is 5.25. The van der Waals surface area contributed by atoms with Crippen LogP contribution in [0.1, 0.15) is 45.4 Å². The van der Waals surface area contributed by atoms with Crippen LogP contribution in [0, 0.1) is 5.92 Å². The summed E-state index contributed by atoms with van der Waals surface area (Å²) < 4.78 is 0. The summed E-state index contributed by atoms with van der Waals surface area (Å²) in [7, 11) is 2.32. The van der Waals surface area contributed by atoms with Crippen molar-refractivity contribution in [3.05, 3.63) is 5.92 Å². The Balaban J connectivity index is 0.000000845. The number of nitrogens with zero attached hydrogens (tertiary/aromatic N) is 1. The van der Waals surface area contributed by atoms with Crippen LogP contribution >= 0.6 is 0 Å². The zero-order valence-corrected chi connectivity index (χ0v) is 10.8. The molecule has 0 N–H and O–H groups in total. The maximum atomic E-state index is 2.62. The fourth-order valence-corrected chi connectivity index (χ4v) is 2.95. The monoisotopic (exact) mass is 428 g/mol. The van der Waals surface area contributed by atoms with Gasteiger partial charge in [0.15, 0.2) is 0 Å². The van der Waals surface area contributed by atoms with Crippen LogP contribution in [0.2, 0.25) is 0 Å². The van der Waals surface area contributed by atoms with Gasteiger partial charge in [0.25, 0.3) is 0 Å². The predicted molar refractivity (Wildman–Crippen MR) is 52.0 cm³/mol. The van der Waals surface area contributed by atoms with E-state index in [2.05, 4.69) is 18.9 Å². The SMILES string of the molecule is C[C-]1CCC2(CCCCN2C)C1.[Lr]. The molecule has 2 rings (SSSR count). The second kappa shape index (κ2) is 3.37. The molecule has 85 valence electrons. The van der Waals surface area contributed by atoms with Crippen LogP contribution in [0.25, 0.3) is 0 Å². The van der Waals surface area contributed by atoms with Crippen molar-refractivity contribution in [3.8, 4) is 0 Å². The minimum absolute atomic E-state index is 0. The topological polar surface area (TPSA) is 3.24 Å². The van der Waals surface area contributed by atoms with Crippen molar-refractivity contribution < 1.29 is 0 Å². The van der Waals surface area contributed by atoms with Crippen LogP contribution < -0.4 is 0 Å². The molecule has 1 atom stereocenters. The Hall–Kier alpha value is -1.04. The molecule has 1 unspecified atom stereocenters. The third kappa shape index (κ3) is 1.53. The molecule has 1 radical (unpaired) electrons. The van der Waals surface area contributed by atoms with E-state index in [0.29, 0.717) is 5.54 Å². The van der Waals surface area contributed by atoms with E-state index in [1.165, 1.54) is 45.1 Å². The molecule has 1 aliphatic carbocycles. The van der Waals surface area contributed by atoms with Gasteiger partial charge in [-0.25, -0.2) is 0 Å². The maximum absolute atomic E-state index is 2.62. The van der Waals surface area contributed by atoms with Gasteiger partial charge in [0, 0.05) is 0 Å². The fourth-order valence-electron chi connectivity index (χ4n) is 2.95. The maximum Gasteiger partial charge on any atom is 0 e. The number of likely N-dealkylation sites (tertiary alicyclic amines) is 1. The summed E-state index contributed by atoms with van der Waals surface area (Å²) in [5, 5.41) is 0. The molecule has 2 aliphatic rings. The summed E-state index contributed by atoms with van der Waals surface area (Å²) in [6.07, 6.45) is 8.50. The summed E-state index contributed by atoms with van der Waals surface area (Å²) in [5.74, 6) is 1.73. The normalized spacial score (nSPS) is 36.5. The fraction of sp³-hybridized carbons (Fsp3) is 0.909. The average molecular weight is 428 g/mol. The summed E-state index contributed by atoms with van der Waals surface area (Å²) in [5.41, 5.74) is 0.600. The van der Waals surface area contributed by atoms with E-state index >= 15 is 0 Å². The number of hydrogen-bond donors (Lipinski definition) is 0. The molecular formula is C11H20LrN-. The second-order valence-corrected chi connectivity index (χ2v) is 4.74. The first kappa shape index (κ1) is 10.0. The van der Waals surface area contributed by atoms with Crippen molar-refractivity contribution in [1.82, 2.24) is 4.90 Å². The van der Waals surface area contributed by atoms with Gasteiger partial charge in [0.1, 0.15) is 0 Å². The van der Waals surface area contributed by atoms with Gasteiger partial charge in [-0.05, 0) is 32.0 Å². The first-order chi connectivity index (χ1) is 5.73. The van der Waals surface area contributed by atoms with Gasteiger partial charge in [-0.3, -0.25) is 0 Å². The van der Waals surface area contributed by atoms with Crippen molar-refractivity contribution in [1.29, 1.82) is 0 Å². The quantitative estimate of drug-likeness (QED) is 0.537. The Morgan fingerprint density at radius 1 is 1.23 bits per heavy atom. The molecular weight excluding hydrogens is 408 g/mol. The van der Waals surface area contributed by atoms with Gasteiger partial charge in [-0.1, -0.05) is 12.8 Å². The summed E-state index contributed by atoms with van der Waals surface area (Å²) >= 11 is 0. The van der Waals surface area contributed by atoms with E-state index in [4.69, 9.17) is 0 Å². The van der Waals surface area contributed by atoms with Gasteiger partial charge in [0.05, 0.1) is 0 Å². The zero-order chi connectivity index (χ0) is 8.60. The Morgan fingerprint density at radius 2 is 2.00 bits per heavy atom. The van der Waals surface area contributed by atoms with Crippen LogP contribution in [0.3, 0.4) is 0 Å². The molecule has 2 fully saturated rings. The van der Waals surface area contributed by atoms with E-state index < -0.39 is 0 Å². The van der Waals surface area contributed by atoms with Crippen LogP contribution in [0.4, 0.5) is 0 Å². The third-order valence-electron chi connectivity index (χ3n) is 3.84. The second-order valence-electron chi connectivity index (χ2n) is 4.74. The minimum atomic E-state index is 0. The van der Waals surface area contributed by atoms with Crippen LogP contribution in [-0.2, 0) is 0 Å². The molecule has 1 saturated heterocycles. The first-order valence-electron chi connectivity index (χ1n) is 5.25. The Bertz CT molecular complexity index is 167. The smallest absolute Gasteiger partial charge is 0 e. The standard InChI is InChI=1S/C11H20N.Lr/c1-10-5-7-11(9-10)6-3-4-8-12(11)2;/h3-9H2,1-2H3;/q-1;. The molecule has 1 spiro atoms. The van der Waals surface area contributed by atoms with Crippen molar-refractivity contribution in [3.63, 3.8) is 0 Å². The molecule has 0 bridgehead atoms. The van der Waals surface area contributed by atoms with E-state index in [9.17, 15) is 0 Å². The molecule has 1 nitrogen and oxygen atoms in total. The van der Waals surface area contributed by atoms with Gasteiger partial charge >= 0.3 is 0 Å². The minimum Gasteiger partial charge on any atom is -0.315 e. The van der Waals surface area contributed by atoms with Gasteiger partial charge < -0.3 is 10.8 Å². The Labute approximate surface area is 76.1 Å². The van der Waals surface area contributed by atoms with Crippen LogP contribution in [-0.4, -0.2) is 24.0 Å². The molecule has 0 aromatic heterocycles. The predicted octanol–water partition coefficient (Wildman–Crippen LogP) is 2.62.